The van der Waals surface area contributed by atoms with E-state index in [0.29, 0.717) is 16.5 Å². The van der Waals surface area contributed by atoms with Gasteiger partial charge in [0.2, 0.25) is 5.13 Å². The number of fused-ring (bicyclic) bond motifs is 1. The summed E-state index contributed by atoms with van der Waals surface area (Å²) in [5.41, 5.74) is 12.7. The summed E-state index contributed by atoms with van der Waals surface area (Å²) in [5.74, 6) is 1.34. The van der Waals surface area contributed by atoms with Crippen LogP contribution in [-0.2, 0) is 6.54 Å². The van der Waals surface area contributed by atoms with Gasteiger partial charge in [-0.15, -0.1) is 10.2 Å². The van der Waals surface area contributed by atoms with E-state index >= 15 is 0 Å². The number of rotatable bonds is 5. The van der Waals surface area contributed by atoms with E-state index in [0.717, 1.165) is 28.7 Å². The molecule has 10 heteroatoms. The summed E-state index contributed by atoms with van der Waals surface area (Å²) < 4.78 is 2.87. The van der Waals surface area contributed by atoms with Crippen molar-refractivity contribution in [2.45, 2.75) is 17.3 Å². The second-order valence-electron chi connectivity index (χ2n) is 3.98. The zero-order valence-electron chi connectivity index (χ0n) is 10.4. The van der Waals surface area contributed by atoms with Crippen molar-refractivity contribution in [2.75, 3.05) is 17.2 Å². The Morgan fingerprint density at radius 3 is 2.90 bits per heavy atom. The highest BCUT2D eigenvalue weighted by atomic mass is 32.2. The van der Waals surface area contributed by atoms with Gasteiger partial charge in [0, 0.05) is 12.3 Å². The molecule has 0 saturated heterocycles. The lowest BCUT2D eigenvalue weighted by atomic mass is 10.4. The number of hydrogen-bond acceptors (Lipinski definition) is 9. The Morgan fingerprint density at radius 2 is 2.10 bits per heavy atom. The molecule has 0 unspecified atom stereocenters. The van der Waals surface area contributed by atoms with Crippen LogP contribution in [0.4, 0.5) is 10.9 Å². The highest BCUT2D eigenvalue weighted by molar-refractivity contribution is 8.01. The second-order valence-corrected chi connectivity index (χ2v) is 6.33. The monoisotopic (exact) mass is 308 g/mol. The van der Waals surface area contributed by atoms with E-state index in [4.69, 9.17) is 11.5 Å². The Balaban J connectivity index is 1.59. The van der Waals surface area contributed by atoms with Crippen LogP contribution < -0.4 is 11.5 Å². The maximum atomic E-state index is 5.75. The van der Waals surface area contributed by atoms with Crippen molar-refractivity contribution in [1.82, 2.24) is 29.7 Å². The molecule has 0 aliphatic carbocycles. The standard InChI is InChI=1S/C10H12N8S2/c11-7-6-8(14-4-13-7)18(5-15-6)2-1-3-19-10-17-16-9(12)20-10/h4-5H,1-3H2,(H2,12,16)(H2,11,13,14). The molecule has 3 heterocycles. The lowest BCUT2D eigenvalue weighted by Crippen LogP contribution is -2.00. The average molecular weight is 308 g/mol. The van der Waals surface area contributed by atoms with Gasteiger partial charge in [0.15, 0.2) is 15.8 Å². The van der Waals surface area contributed by atoms with Crippen molar-refractivity contribution in [2.24, 2.45) is 0 Å². The molecule has 3 aromatic rings. The van der Waals surface area contributed by atoms with Gasteiger partial charge in [0.1, 0.15) is 11.8 Å². The van der Waals surface area contributed by atoms with Gasteiger partial charge in [-0.1, -0.05) is 23.1 Å². The molecule has 20 heavy (non-hydrogen) atoms. The van der Waals surface area contributed by atoms with E-state index in [9.17, 15) is 0 Å². The molecule has 0 aliphatic heterocycles. The minimum absolute atomic E-state index is 0.410. The highest BCUT2D eigenvalue weighted by Crippen LogP contribution is 2.24. The summed E-state index contributed by atoms with van der Waals surface area (Å²) >= 11 is 3.05. The van der Waals surface area contributed by atoms with Crippen molar-refractivity contribution in [3.8, 4) is 0 Å². The third-order valence-electron chi connectivity index (χ3n) is 2.62. The van der Waals surface area contributed by atoms with Crippen molar-refractivity contribution < 1.29 is 0 Å². The molecule has 0 aromatic carbocycles. The van der Waals surface area contributed by atoms with E-state index in [2.05, 4.69) is 25.1 Å². The summed E-state index contributed by atoms with van der Waals surface area (Å²) in [4.78, 5) is 12.4. The lowest BCUT2D eigenvalue weighted by Gasteiger charge is -2.02. The van der Waals surface area contributed by atoms with Gasteiger partial charge >= 0.3 is 0 Å². The molecular formula is C10H12N8S2. The fourth-order valence-corrected chi connectivity index (χ4v) is 3.37. The van der Waals surface area contributed by atoms with Crippen LogP contribution in [0.25, 0.3) is 11.2 Å². The molecule has 0 fully saturated rings. The van der Waals surface area contributed by atoms with Crippen LogP contribution in [0.2, 0.25) is 0 Å². The molecule has 3 aromatic heterocycles. The second kappa shape index (κ2) is 5.59. The number of imidazole rings is 1. The average Bonchev–Trinajstić information content (AvgIpc) is 3.02. The maximum Gasteiger partial charge on any atom is 0.203 e. The Bertz CT molecular complexity index is 721. The number of aryl methyl sites for hydroxylation is 1. The highest BCUT2D eigenvalue weighted by Gasteiger charge is 2.07. The van der Waals surface area contributed by atoms with Crippen molar-refractivity contribution in [1.29, 1.82) is 0 Å². The van der Waals surface area contributed by atoms with E-state index in [1.54, 1.807) is 18.1 Å². The Labute approximate surface area is 122 Å². The lowest BCUT2D eigenvalue weighted by molar-refractivity contribution is 0.696. The number of aromatic nitrogens is 6. The fraction of sp³-hybridized carbons (Fsp3) is 0.300. The molecule has 0 saturated carbocycles. The first-order chi connectivity index (χ1) is 9.74. The number of nitrogen functional groups attached to an aromatic ring is 2. The van der Waals surface area contributed by atoms with Gasteiger partial charge in [0.25, 0.3) is 0 Å². The van der Waals surface area contributed by atoms with Crippen molar-refractivity contribution in [3.63, 3.8) is 0 Å². The first kappa shape index (κ1) is 13.1. The molecule has 0 aliphatic rings. The molecular weight excluding hydrogens is 296 g/mol. The Kier molecular flexibility index (Phi) is 3.65. The molecule has 0 amide bonds. The van der Waals surface area contributed by atoms with Gasteiger partial charge < -0.3 is 16.0 Å². The molecule has 0 atom stereocenters. The SMILES string of the molecule is Nc1nnc(SCCCn2cnc3c(N)ncnc32)s1. The number of nitrogens with two attached hydrogens (primary N) is 2. The molecule has 4 N–H and O–H groups in total. The summed E-state index contributed by atoms with van der Waals surface area (Å²) in [6, 6.07) is 0. The summed E-state index contributed by atoms with van der Waals surface area (Å²) in [5, 5.41) is 8.24. The van der Waals surface area contributed by atoms with Crippen LogP contribution in [0.3, 0.4) is 0 Å². The minimum Gasteiger partial charge on any atom is -0.382 e. The number of hydrogen-bond donors (Lipinski definition) is 2. The Morgan fingerprint density at radius 1 is 1.20 bits per heavy atom. The van der Waals surface area contributed by atoms with Gasteiger partial charge in [-0.3, -0.25) is 0 Å². The fourth-order valence-electron chi connectivity index (χ4n) is 1.74. The number of thioether (sulfide) groups is 1. The predicted molar refractivity (Wildman–Crippen MR) is 79.4 cm³/mol. The largest absolute Gasteiger partial charge is 0.382 e. The molecule has 0 bridgehead atoms. The van der Waals surface area contributed by atoms with Gasteiger partial charge in [-0.2, -0.15) is 0 Å². The normalized spacial score (nSPS) is 11.2. The van der Waals surface area contributed by atoms with Crippen LogP contribution in [0, 0.1) is 0 Å². The molecule has 104 valence electrons. The molecule has 0 radical (unpaired) electrons. The van der Waals surface area contributed by atoms with E-state index in [1.807, 2.05) is 4.57 Å². The zero-order valence-corrected chi connectivity index (χ0v) is 12.1. The third kappa shape index (κ3) is 2.65. The molecule has 0 spiro atoms. The summed E-state index contributed by atoms with van der Waals surface area (Å²) in [6.07, 6.45) is 4.15. The van der Waals surface area contributed by atoms with E-state index in [-0.39, 0.29) is 0 Å². The van der Waals surface area contributed by atoms with Gasteiger partial charge in [-0.05, 0) is 6.42 Å². The zero-order chi connectivity index (χ0) is 13.9. The smallest absolute Gasteiger partial charge is 0.203 e. The van der Waals surface area contributed by atoms with Crippen LogP contribution >= 0.6 is 23.1 Å². The summed E-state index contributed by atoms with van der Waals surface area (Å²) in [6.45, 7) is 0.814. The van der Waals surface area contributed by atoms with Crippen LogP contribution in [-0.4, -0.2) is 35.5 Å². The van der Waals surface area contributed by atoms with Gasteiger partial charge in [-0.25, -0.2) is 15.0 Å². The maximum absolute atomic E-state index is 5.75. The molecule has 8 nitrogen and oxygen atoms in total. The number of nitrogens with zero attached hydrogens (tertiary/aromatic N) is 6. The molecule has 3 rings (SSSR count). The summed E-state index contributed by atoms with van der Waals surface area (Å²) in [7, 11) is 0. The van der Waals surface area contributed by atoms with E-state index in [1.165, 1.54) is 17.7 Å². The van der Waals surface area contributed by atoms with Crippen LogP contribution in [0.1, 0.15) is 6.42 Å². The van der Waals surface area contributed by atoms with Gasteiger partial charge in [0.05, 0.1) is 6.33 Å². The van der Waals surface area contributed by atoms with Crippen LogP contribution in [0.5, 0.6) is 0 Å². The minimum atomic E-state index is 0.410. The third-order valence-corrected chi connectivity index (χ3v) is 4.59. The van der Waals surface area contributed by atoms with E-state index < -0.39 is 0 Å². The first-order valence-corrected chi connectivity index (χ1v) is 7.67. The van der Waals surface area contributed by atoms with Crippen molar-refractivity contribution >= 4 is 45.2 Å². The number of anilines is 2. The first-order valence-electron chi connectivity index (χ1n) is 5.87. The Hall–Kier alpha value is -1.94. The predicted octanol–water partition coefficient (Wildman–Crippen LogP) is 1.02. The van der Waals surface area contributed by atoms with Crippen LogP contribution in [0.15, 0.2) is 17.0 Å². The van der Waals surface area contributed by atoms with Crippen molar-refractivity contribution in [3.05, 3.63) is 12.7 Å². The topological polar surface area (TPSA) is 121 Å². The quantitative estimate of drug-likeness (QED) is 0.529.